The maximum Gasteiger partial charge on any atom is 0.273 e. The van der Waals surface area contributed by atoms with E-state index in [1.807, 2.05) is 0 Å². The fraction of sp³-hybridized carbons (Fsp3) is 0.125. The standard InChI is InChI=1S/C16H15N3O5/c1-9-14(4-3-5-15(9)19(23)24)16(22)18-17-10(2)11-6-12(20)8-13(21)7-11/h3-8,20-21H,1-2H3,(H,18,22)/b17-10-. The zero-order chi connectivity index (χ0) is 17.9. The van der Waals surface area contributed by atoms with Crippen molar-refractivity contribution in [1.82, 2.24) is 5.43 Å². The lowest BCUT2D eigenvalue weighted by molar-refractivity contribution is -0.385. The van der Waals surface area contributed by atoms with Gasteiger partial charge in [0, 0.05) is 23.3 Å². The normalized spacial score (nSPS) is 11.2. The second-order valence-electron chi connectivity index (χ2n) is 5.08. The zero-order valence-corrected chi connectivity index (χ0v) is 13.0. The van der Waals surface area contributed by atoms with Crippen LogP contribution in [0.5, 0.6) is 11.5 Å². The number of nitro benzene ring substituents is 1. The van der Waals surface area contributed by atoms with Crippen molar-refractivity contribution in [2.75, 3.05) is 0 Å². The third-order valence-corrected chi connectivity index (χ3v) is 3.39. The molecule has 0 spiro atoms. The minimum Gasteiger partial charge on any atom is -0.508 e. The summed E-state index contributed by atoms with van der Waals surface area (Å²) in [6, 6.07) is 8.12. The van der Waals surface area contributed by atoms with E-state index in [1.54, 1.807) is 6.92 Å². The third-order valence-electron chi connectivity index (χ3n) is 3.39. The minimum absolute atomic E-state index is 0.138. The predicted octanol–water partition coefficient (Wildman–Crippen LogP) is 2.47. The zero-order valence-electron chi connectivity index (χ0n) is 13.0. The number of benzene rings is 2. The average Bonchev–Trinajstić information content (AvgIpc) is 2.51. The van der Waals surface area contributed by atoms with Crippen molar-refractivity contribution >= 4 is 17.3 Å². The van der Waals surface area contributed by atoms with Crippen molar-refractivity contribution in [2.45, 2.75) is 13.8 Å². The number of nitrogens with one attached hydrogen (secondary N) is 1. The monoisotopic (exact) mass is 329 g/mol. The third kappa shape index (κ3) is 3.67. The number of nitro groups is 1. The summed E-state index contributed by atoms with van der Waals surface area (Å²) in [5.74, 6) is -0.874. The highest BCUT2D eigenvalue weighted by molar-refractivity contribution is 6.02. The van der Waals surface area contributed by atoms with E-state index >= 15 is 0 Å². The highest BCUT2D eigenvalue weighted by Crippen LogP contribution is 2.22. The number of rotatable bonds is 4. The average molecular weight is 329 g/mol. The van der Waals surface area contributed by atoms with Crippen LogP contribution in [0.15, 0.2) is 41.5 Å². The van der Waals surface area contributed by atoms with Crippen LogP contribution in [-0.4, -0.2) is 26.8 Å². The number of aromatic hydroxyl groups is 2. The Balaban J connectivity index is 2.24. The second kappa shape index (κ2) is 6.78. The molecule has 0 unspecified atom stereocenters. The van der Waals surface area contributed by atoms with Crippen LogP contribution in [-0.2, 0) is 0 Å². The first kappa shape index (κ1) is 16.9. The number of hydrogen-bond acceptors (Lipinski definition) is 6. The van der Waals surface area contributed by atoms with Crippen molar-refractivity contribution in [3.63, 3.8) is 0 Å². The Morgan fingerprint density at radius 1 is 1.21 bits per heavy atom. The number of nitrogens with zero attached hydrogens (tertiary/aromatic N) is 2. The lowest BCUT2D eigenvalue weighted by Gasteiger charge is -2.06. The van der Waals surface area contributed by atoms with Crippen LogP contribution in [0.3, 0.4) is 0 Å². The minimum atomic E-state index is -0.597. The molecule has 0 saturated carbocycles. The molecule has 0 heterocycles. The molecular formula is C16H15N3O5. The summed E-state index contributed by atoms with van der Waals surface area (Å²) in [7, 11) is 0. The molecule has 1 amide bonds. The van der Waals surface area contributed by atoms with E-state index in [1.165, 1.54) is 43.3 Å². The van der Waals surface area contributed by atoms with E-state index in [0.717, 1.165) is 0 Å². The van der Waals surface area contributed by atoms with Crippen LogP contribution in [0.1, 0.15) is 28.4 Å². The summed E-state index contributed by atoms with van der Waals surface area (Å²) in [6.45, 7) is 3.06. The topological polar surface area (TPSA) is 125 Å². The summed E-state index contributed by atoms with van der Waals surface area (Å²) < 4.78 is 0. The molecule has 0 bridgehead atoms. The number of amides is 1. The molecule has 2 rings (SSSR count). The molecule has 0 fully saturated rings. The van der Waals surface area contributed by atoms with E-state index in [4.69, 9.17) is 0 Å². The number of carbonyl (C=O) groups excluding carboxylic acids is 1. The largest absolute Gasteiger partial charge is 0.508 e. The van der Waals surface area contributed by atoms with Gasteiger partial charge in [0.25, 0.3) is 11.6 Å². The molecule has 0 radical (unpaired) electrons. The molecule has 0 aromatic heterocycles. The maximum atomic E-state index is 12.2. The molecule has 0 aliphatic carbocycles. The highest BCUT2D eigenvalue weighted by atomic mass is 16.6. The Kier molecular flexibility index (Phi) is 4.78. The molecule has 3 N–H and O–H groups in total. The molecule has 124 valence electrons. The van der Waals surface area contributed by atoms with Gasteiger partial charge in [-0.15, -0.1) is 0 Å². The molecular weight excluding hydrogens is 314 g/mol. The Bertz CT molecular complexity index is 825. The molecule has 0 aliphatic rings. The molecule has 24 heavy (non-hydrogen) atoms. The van der Waals surface area contributed by atoms with E-state index in [2.05, 4.69) is 10.5 Å². The van der Waals surface area contributed by atoms with Gasteiger partial charge in [-0.1, -0.05) is 6.07 Å². The lowest BCUT2D eigenvalue weighted by atomic mass is 10.1. The molecule has 8 heteroatoms. The number of phenols is 2. The van der Waals surface area contributed by atoms with E-state index in [0.29, 0.717) is 11.3 Å². The van der Waals surface area contributed by atoms with Crippen LogP contribution < -0.4 is 5.43 Å². The lowest BCUT2D eigenvalue weighted by Crippen LogP contribution is -2.20. The smallest absolute Gasteiger partial charge is 0.273 e. The number of hydrazone groups is 1. The second-order valence-corrected chi connectivity index (χ2v) is 5.08. The van der Waals surface area contributed by atoms with Crippen molar-refractivity contribution in [3.05, 3.63) is 63.2 Å². The summed E-state index contributed by atoms with van der Waals surface area (Å²) >= 11 is 0. The van der Waals surface area contributed by atoms with Crippen molar-refractivity contribution in [2.24, 2.45) is 5.10 Å². The predicted molar refractivity (Wildman–Crippen MR) is 87.3 cm³/mol. The van der Waals surface area contributed by atoms with Gasteiger partial charge in [-0.3, -0.25) is 14.9 Å². The Morgan fingerprint density at radius 3 is 2.42 bits per heavy atom. The molecule has 0 atom stereocenters. The molecule has 0 saturated heterocycles. The Hall–Kier alpha value is -3.42. The van der Waals surface area contributed by atoms with Gasteiger partial charge in [0.1, 0.15) is 11.5 Å². The number of hydrogen-bond donors (Lipinski definition) is 3. The first-order valence-corrected chi connectivity index (χ1v) is 6.91. The maximum absolute atomic E-state index is 12.2. The SMILES string of the molecule is C/C(=N/NC(=O)c1cccc([N+](=O)[O-])c1C)c1cc(O)cc(O)c1. The van der Waals surface area contributed by atoms with Gasteiger partial charge in [-0.25, -0.2) is 5.43 Å². The van der Waals surface area contributed by atoms with Gasteiger partial charge in [0.05, 0.1) is 16.2 Å². The van der Waals surface area contributed by atoms with Crippen molar-refractivity contribution in [3.8, 4) is 11.5 Å². The molecule has 2 aromatic rings. The van der Waals surface area contributed by atoms with Gasteiger partial charge in [0.15, 0.2) is 0 Å². The van der Waals surface area contributed by atoms with Crippen LogP contribution in [0, 0.1) is 17.0 Å². The fourth-order valence-electron chi connectivity index (χ4n) is 2.13. The fourth-order valence-corrected chi connectivity index (χ4v) is 2.13. The van der Waals surface area contributed by atoms with E-state index in [9.17, 15) is 25.1 Å². The summed E-state index contributed by atoms with van der Waals surface area (Å²) in [5.41, 5.74) is 3.30. The van der Waals surface area contributed by atoms with Crippen molar-refractivity contribution < 1.29 is 19.9 Å². The van der Waals surface area contributed by atoms with Crippen LogP contribution in [0.25, 0.3) is 0 Å². The summed E-state index contributed by atoms with van der Waals surface area (Å²) in [4.78, 5) is 22.5. The summed E-state index contributed by atoms with van der Waals surface area (Å²) in [5, 5.41) is 33.7. The van der Waals surface area contributed by atoms with Crippen LogP contribution >= 0.6 is 0 Å². The molecule has 8 nitrogen and oxygen atoms in total. The molecule has 0 aliphatic heterocycles. The van der Waals surface area contributed by atoms with Gasteiger partial charge in [-0.05, 0) is 32.0 Å². The van der Waals surface area contributed by atoms with Crippen LogP contribution in [0.4, 0.5) is 5.69 Å². The Labute approximate surface area is 137 Å². The molecule has 2 aromatic carbocycles. The Morgan fingerprint density at radius 2 is 1.83 bits per heavy atom. The van der Waals surface area contributed by atoms with Gasteiger partial charge < -0.3 is 10.2 Å². The van der Waals surface area contributed by atoms with Gasteiger partial charge >= 0.3 is 0 Å². The van der Waals surface area contributed by atoms with Crippen LogP contribution in [0.2, 0.25) is 0 Å². The first-order chi connectivity index (χ1) is 11.3. The van der Waals surface area contributed by atoms with Gasteiger partial charge in [0.2, 0.25) is 0 Å². The number of phenolic OH excluding ortho intramolecular Hbond substituents is 2. The van der Waals surface area contributed by atoms with Gasteiger partial charge in [-0.2, -0.15) is 5.10 Å². The number of carbonyl (C=O) groups is 1. The summed E-state index contributed by atoms with van der Waals surface area (Å²) in [6.07, 6.45) is 0. The quantitative estimate of drug-likeness (QED) is 0.451. The van der Waals surface area contributed by atoms with E-state index in [-0.39, 0.29) is 28.3 Å². The first-order valence-electron chi connectivity index (χ1n) is 6.91. The van der Waals surface area contributed by atoms with Crippen molar-refractivity contribution in [1.29, 1.82) is 0 Å². The van der Waals surface area contributed by atoms with E-state index < -0.39 is 10.8 Å². The highest BCUT2D eigenvalue weighted by Gasteiger charge is 2.17.